The number of H-pyrrole nitrogens is 1. The summed E-state index contributed by atoms with van der Waals surface area (Å²) in [4.78, 5) is 17.7. The Bertz CT molecular complexity index is 985. The van der Waals surface area contributed by atoms with Gasteiger partial charge < -0.3 is 10.3 Å². The molecule has 6 heteroatoms. The number of aromatic amines is 1. The number of thiazole rings is 1. The normalized spacial score (nSPS) is 11.0. The van der Waals surface area contributed by atoms with Gasteiger partial charge in [-0.25, -0.2) is 15.0 Å². The predicted octanol–water partition coefficient (Wildman–Crippen LogP) is 4.44. The van der Waals surface area contributed by atoms with Gasteiger partial charge in [0.05, 0.1) is 0 Å². The van der Waals surface area contributed by atoms with Gasteiger partial charge in [-0.15, -0.1) is 11.3 Å². The van der Waals surface area contributed by atoms with Crippen molar-refractivity contribution in [1.82, 2.24) is 19.9 Å². The third-order valence-electron chi connectivity index (χ3n) is 3.51. The van der Waals surface area contributed by atoms with E-state index in [1.807, 2.05) is 25.3 Å². The molecule has 0 fully saturated rings. The molecule has 23 heavy (non-hydrogen) atoms. The molecule has 3 heterocycles. The quantitative estimate of drug-likeness (QED) is 0.585. The second-order valence-corrected chi connectivity index (χ2v) is 6.66. The van der Waals surface area contributed by atoms with Gasteiger partial charge in [0.2, 0.25) is 5.95 Å². The van der Waals surface area contributed by atoms with E-state index in [1.165, 1.54) is 10.3 Å². The molecule has 0 saturated carbocycles. The van der Waals surface area contributed by atoms with E-state index in [0.29, 0.717) is 5.95 Å². The van der Waals surface area contributed by atoms with Gasteiger partial charge in [0.15, 0.2) is 0 Å². The summed E-state index contributed by atoms with van der Waals surface area (Å²) >= 11 is 1.63. The topological polar surface area (TPSA) is 66.5 Å². The second kappa shape index (κ2) is 5.48. The van der Waals surface area contributed by atoms with Crippen molar-refractivity contribution in [2.24, 2.45) is 0 Å². The summed E-state index contributed by atoms with van der Waals surface area (Å²) in [5.74, 6) is 0.571. The lowest BCUT2D eigenvalue weighted by Crippen LogP contribution is -1.97. The zero-order chi connectivity index (χ0) is 15.8. The van der Waals surface area contributed by atoms with Gasteiger partial charge in [-0.3, -0.25) is 0 Å². The number of hydrogen-bond donors (Lipinski definition) is 2. The lowest BCUT2D eigenvalue weighted by atomic mass is 10.2. The number of fused-ring (bicyclic) bond motifs is 1. The third kappa shape index (κ3) is 2.80. The summed E-state index contributed by atoms with van der Waals surface area (Å²) in [6.07, 6.45) is 3.61. The average Bonchev–Trinajstić information content (AvgIpc) is 3.12. The van der Waals surface area contributed by atoms with Crippen LogP contribution in [0, 0.1) is 13.8 Å². The van der Waals surface area contributed by atoms with E-state index in [4.69, 9.17) is 0 Å². The molecule has 4 aromatic rings. The van der Waals surface area contributed by atoms with Gasteiger partial charge in [0, 0.05) is 39.6 Å². The molecule has 2 N–H and O–H groups in total. The van der Waals surface area contributed by atoms with E-state index in [0.717, 1.165) is 27.6 Å². The standard InChI is InChI=1S/C17H15N5S/c1-10-7-12-8-13(3-4-14(12)20-10)21-17-18-6-5-15(22-17)16-19-9-11(2)23-16/h3-9,20H,1-2H3,(H,18,21,22). The number of nitrogens with one attached hydrogen (secondary N) is 2. The van der Waals surface area contributed by atoms with E-state index in [1.54, 1.807) is 17.5 Å². The SMILES string of the molecule is Cc1cc2cc(Nc3nccc(-c4ncc(C)s4)n3)ccc2[nH]1. The Hall–Kier alpha value is -2.73. The second-order valence-electron chi connectivity index (χ2n) is 5.42. The Morgan fingerprint density at radius 2 is 2.00 bits per heavy atom. The molecule has 0 radical (unpaired) electrons. The number of anilines is 2. The highest BCUT2D eigenvalue weighted by atomic mass is 32.1. The van der Waals surface area contributed by atoms with Crippen LogP contribution >= 0.6 is 11.3 Å². The Labute approximate surface area is 137 Å². The third-order valence-corrected chi connectivity index (χ3v) is 4.44. The van der Waals surface area contributed by atoms with Crippen LogP contribution in [0.3, 0.4) is 0 Å². The highest BCUT2D eigenvalue weighted by Gasteiger charge is 2.07. The molecule has 0 saturated heterocycles. The fourth-order valence-electron chi connectivity index (χ4n) is 2.50. The number of rotatable bonds is 3. The van der Waals surface area contributed by atoms with Crippen molar-refractivity contribution in [3.05, 3.63) is 53.3 Å². The Morgan fingerprint density at radius 3 is 2.83 bits per heavy atom. The molecular weight excluding hydrogens is 306 g/mol. The van der Waals surface area contributed by atoms with Crippen LogP contribution in [-0.4, -0.2) is 19.9 Å². The molecular formula is C17H15N5S. The van der Waals surface area contributed by atoms with Crippen LogP contribution in [0.5, 0.6) is 0 Å². The highest BCUT2D eigenvalue weighted by molar-refractivity contribution is 7.14. The molecule has 0 amide bonds. The Kier molecular flexibility index (Phi) is 3.31. The maximum atomic E-state index is 4.55. The first-order valence-electron chi connectivity index (χ1n) is 7.30. The first kappa shape index (κ1) is 13.9. The molecule has 0 aliphatic carbocycles. The summed E-state index contributed by atoms with van der Waals surface area (Å²) in [5.41, 5.74) is 4.07. The highest BCUT2D eigenvalue weighted by Crippen LogP contribution is 2.25. The number of nitrogens with zero attached hydrogens (tertiary/aromatic N) is 3. The lowest BCUT2D eigenvalue weighted by molar-refractivity contribution is 1.16. The first-order valence-corrected chi connectivity index (χ1v) is 8.11. The number of benzene rings is 1. The molecule has 3 aromatic heterocycles. The molecule has 114 valence electrons. The summed E-state index contributed by atoms with van der Waals surface area (Å²) in [5, 5.41) is 5.34. The van der Waals surface area contributed by atoms with E-state index in [2.05, 4.69) is 50.4 Å². The van der Waals surface area contributed by atoms with Crippen LogP contribution in [0.25, 0.3) is 21.6 Å². The van der Waals surface area contributed by atoms with E-state index < -0.39 is 0 Å². The maximum Gasteiger partial charge on any atom is 0.227 e. The fourth-order valence-corrected chi connectivity index (χ4v) is 3.23. The van der Waals surface area contributed by atoms with Gasteiger partial charge in [-0.1, -0.05) is 0 Å². The average molecular weight is 321 g/mol. The molecule has 0 unspecified atom stereocenters. The van der Waals surface area contributed by atoms with Crippen molar-refractivity contribution in [3.63, 3.8) is 0 Å². The van der Waals surface area contributed by atoms with E-state index >= 15 is 0 Å². The van der Waals surface area contributed by atoms with Crippen LogP contribution in [-0.2, 0) is 0 Å². The molecule has 0 spiro atoms. The fraction of sp³-hybridized carbons (Fsp3) is 0.118. The van der Waals surface area contributed by atoms with Crippen LogP contribution in [0.15, 0.2) is 42.7 Å². The van der Waals surface area contributed by atoms with Crippen molar-refractivity contribution in [3.8, 4) is 10.7 Å². The molecule has 0 atom stereocenters. The smallest absolute Gasteiger partial charge is 0.227 e. The molecule has 1 aromatic carbocycles. The van der Waals surface area contributed by atoms with Crippen molar-refractivity contribution in [2.45, 2.75) is 13.8 Å². The van der Waals surface area contributed by atoms with Gasteiger partial charge in [-0.05, 0) is 44.2 Å². The number of aryl methyl sites for hydroxylation is 2. The largest absolute Gasteiger partial charge is 0.359 e. The zero-order valence-electron chi connectivity index (χ0n) is 12.8. The molecule has 0 aliphatic rings. The van der Waals surface area contributed by atoms with Crippen molar-refractivity contribution in [2.75, 3.05) is 5.32 Å². The Balaban J connectivity index is 1.64. The van der Waals surface area contributed by atoms with Gasteiger partial charge in [0.1, 0.15) is 10.7 Å². The van der Waals surface area contributed by atoms with Gasteiger partial charge in [0.25, 0.3) is 0 Å². The molecule has 0 bridgehead atoms. The first-order chi connectivity index (χ1) is 11.2. The monoisotopic (exact) mass is 321 g/mol. The zero-order valence-corrected chi connectivity index (χ0v) is 13.6. The molecule has 0 aliphatic heterocycles. The summed E-state index contributed by atoms with van der Waals surface area (Å²) in [6, 6.07) is 10.2. The number of hydrogen-bond acceptors (Lipinski definition) is 5. The minimum absolute atomic E-state index is 0.571. The lowest BCUT2D eigenvalue weighted by Gasteiger charge is -2.05. The minimum Gasteiger partial charge on any atom is -0.359 e. The van der Waals surface area contributed by atoms with Crippen LogP contribution in [0.4, 0.5) is 11.6 Å². The summed E-state index contributed by atoms with van der Waals surface area (Å²) in [6.45, 7) is 4.09. The Morgan fingerprint density at radius 1 is 1.09 bits per heavy atom. The van der Waals surface area contributed by atoms with Crippen molar-refractivity contribution >= 4 is 33.9 Å². The van der Waals surface area contributed by atoms with Crippen molar-refractivity contribution < 1.29 is 0 Å². The molecule has 5 nitrogen and oxygen atoms in total. The van der Waals surface area contributed by atoms with Gasteiger partial charge >= 0.3 is 0 Å². The van der Waals surface area contributed by atoms with Crippen LogP contribution < -0.4 is 5.32 Å². The van der Waals surface area contributed by atoms with Crippen LogP contribution in [0.1, 0.15) is 10.6 Å². The van der Waals surface area contributed by atoms with E-state index in [-0.39, 0.29) is 0 Å². The summed E-state index contributed by atoms with van der Waals surface area (Å²) < 4.78 is 0. The van der Waals surface area contributed by atoms with Crippen molar-refractivity contribution in [1.29, 1.82) is 0 Å². The number of aromatic nitrogens is 4. The van der Waals surface area contributed by atoms with E-state index in [9.17, 15) is 0 Å². The molecule has 4 rings (SSSR count). The minimum atomic E-state index is 0.571. The predicted molar refractivity (Wildman–Crippen MR) is 94.2 cm³/mol. The maximum absolute atomic E-state index is 4.55. The van der Waals surface area contributed by atoms with Gasteiger partial charge in [-0.2, -0.15) is 0 Å². The summed E-state index contributed by atoms with van der Waals surface area (Å²) in [7, 11) is 0. The van der Waals surface area contributed by atoms with Crippen LogP contribution in [0.2, 0.25) is 0 Å².